The lowest BCUT2D eigenvalue weighted by Crippen LogP contribution is -2.24. The first-order valence-electron chi connectivity index (χ1n) is 9.35. The molecular weight excluding hydrogens is 366 g/mol. The van der Waals surface area contributed by atoms with Crippen molar-refractivity contribution in [3.05, 3.63) is 78.2 Å². The van der Waals surface area contributed by atoms with Crippen molar-refractivity contribution in [2.24, 2.45) is 0 Å². The van der Waals surface area contributed by atoms with Crippen LogP contribution in [-0.2, 0) is 11.3 Å². The number of anilines is 3. The van der Waals surface area contributed by atoms with Crippen LogP contribution in [0.4, 0.5) is 17.2 Å². The second-order valence-electron chi connectivity index (χ2n) is 6.47. The number of aromatic nitrogens is 2. The van der Waals surface area contributed by atoms with Crippen LogP contribution in [0.5, 0.6) is 0 Å². The van der Waals surface area contributed by atoms with Gasteiger partial charge in [-0.25, -0.2) is 9.97 Å². The van der Waals surface area contributed by atoms with E-state index in [9.17, 15) is 9.59 Å². The van der Waals surface area contributed by atoms with Gasteiger partial charge in [-0.1, -0.05) is 30.3 Å². The summed E-state index contributed by atoms with van der Waals surface area (Å²) in [6.07, 6.45) is 3.09. The highest BCUT2D eigenvalue weighted by Gasteiger charge is 2.12. The summed E-state index contributed by atoms with van der Waals surface area (Å²) in [5.41, 5.74) is 2.68. The molecule has 0 saturated carbocycles. The number of carbonyl (C=O) groups is 2. The average molecular weight is 389 g/mol. The first-order valence-corrected chi connectivity index (χ1v) is 9.35. The third kappa shape index (κ3) is 5.62. The molecule has 0 aliphatic carbocycles. The number of hydrogen-bond donors (Lipinski definition) is 2. The third-order valence-electron chi connectivity index (χ3n) is 4.26. The van der Waals surface area contributed by atoms with Crippen molar-refractivity contribution in [2.45, 2.75) is 20.4 Å². The summed E-state index contributed by atoms with van der Waals surface area (Å²) < 4.78 is 0. The minimum absolute atomic E-state index is 0.148. The SMILES string of the molecule is CCN(Cc1ccccc1)c1cnc(C(=O)Nc2ccc(NC(C)=O)cc2)cn1. The van der Waals surface area contributed by atoms with Crippen LogP contribution in [0, 0.1) is 0 Å². The lowest BCUT2D eigenvalue weighted by atomic mass is 10.2. The van der Waals surface area contributed by atoms with Gasteiger partial charge in [-0.2, -0.15) is 0 Å². The second-order valence-corrected chi connectivity index (χ2v) is 6.47. The molecule has 0 fully saturated rings. The number of amides is 2. The minimum Gasteiger partial charge on any atom is -0.351 e. The zero-order chi connectivity index (χ0) is 20.6. The van der Waals surface area contributed by atoms with Crippen molar-refractivity contribution in [2.75, 3.05) is 22.1 Å². The van der Waals surface area contributed by atoms with Gasteiger partial charge in [0.15, 0.2) is 0 Å². The van der Waals surface area contributed by atoms with Crippen LogP contribution >= 0.6 is 0 Å². The van der Waals surface area contributed by atoms with Crippen molar-refractivity contribution >= 4 is 29.0 Å². The van der Waals surface area contributed by atoms with Crippen molar-refractivity contribution in [1.29, 1.82) is 0 Å². The number of hydrogen-bond acceptors (Lipinski definition) is 5. The van der Waals surface area contributed by atoms with Crippen LogP contribution in [-0.4, -0.2) is 28.3 Å². The van der Waals surface area contributed by atoms with Gasteiger partial charge in [-0.3, -0.25) is 9.59 Å². The van der Waals surface area contributed by atoms with Crippen LogP contribution in [0.15, 0.2) is 67.0 Å². The van der Waals surface area contributed by atoms with E-state index in [0.717, 1.165) is 13.1 Å². The Kier molecular flexibility index (Phi) is 6.52. The molecule has 3 rings (SSSR count). The first-order chi connectivity index (χ1) is 14.0. The van der Waals surface area contributed by atoms with E-state index in [1.165, 1.54) is 18.7 Å². The Labute approximate surface area is 169 Å². The molecule has 0 spiro atoms. The summed E-state index contributed by atoms with van der Waals surface area (Å²) in [5, 5.41) is 5.45. The first kappa shape index (κ1) is 20.0. The number of carbonyl (C=O) groups excluding carboxylic acids is 2. The highest BCUT2D eigenvalue weighted by atomic mass is 16.2. The smallest absolute Gasteiger partial charge is 0.275 e. The largest absolute Gasteiger partial charge is 0.351 e. The zero-order valence-corrected chi connectivity index (χ0v) is 16.4. The van der Waals surface area contributed by atoms with E-state index in [1.54, 1.807) is 30.5 Å². The molecule has 148 valence electrons. The molecule has 0 atom stereocenters. The topological polar surface area (TPSA) is 87.2 Å². The van der Waals surface area contributed by atoms with Gasteiger partial charge in [0.05, 0.1) is 12.4 Å². The maximum absolute atomic E-state index is 12.4. The van der Waals surface area contributed by atoms with Gasteiger partial charge in [-0.15, -0.1) is 0 Å². The number of benzene rings is 2. The van der Waals surface area contributed by atoms with Gasteiger partial charge < -0.3 is 15.5 Å². The third-order valence-corrected chi connectivity index (χ3v) is 4.26. The molecular formula is C22H23N5O2. The zero-order valence-electron chi connectivity index (χ0n) is 16.4. The quantitative estimate of drug-likeness (QED) is 0.643. The molecule has 2 N–H and O–H groups in total. The average Bonchev–Trinajstić information content (AvgIpc) is 2.74. The summed E-state index contributed by atoms with van der Waals surface area (Å²) in [4.78, 5) is 34.3. The molecule has 3 aromatic rings. The molecule has 7 heteroatoms. The van der Waals surface area contributed by atoms with Crippen LogP contribution in [0.2, 0.25) is 0 Å². The van der Waals surface area contributed by atoms with E-state index in [0.29, 0.717) is 17.2 Å². The summed E-state index contributed by atoms with van der Waals surface area (Å²) in [5.74, 6) is 0.223. The van der Waals surface area contributed by atoms with Crippen LogP contribution < -0.4 is 15.5 Å². The second kappa shape index (κ2) is 9.45. The van der Waals surface area contributed by atoms with Crippen molar-refractivity contribution < 1.29 is 9.59 Å². The van der Waals surface area contributed by atoms with Crippen LogP contribution in [0.3, 0.4) is 0 Å². The fourth-order valence-electron chi connectivity index (χ4n) is 2.80. The minimum atomic E-state index is -0.345. The monoisotopic (exact) mass is 389 g/mol. The molecule has 7 nitrogen and oxygen atoms in total. The van der Waals surface area contributed by atoms with Crippen molar-refractivity contribution in [3.63, 3.8) is 0 Å². The van der Waals surface area contributed by atoms with Gasteiger partial charge in [0, 0.05) is 31.4 Å². The predicted octanol–water partition coefficient (Wildman–Crippen LogP) is 3.71. The van der Waals surface area contributed by atoms with E-state index >= 15 is 0 Å². The Bertz CT molecular complexity index is 957. The molecule has 0 unspecified atom stereocenters. The Morgan fingerprint density at radius 3 is 2.10 bits per heavy atom. The summed E-state index contributed by atoms with van der Waals surface area (Å²) in [7, 11) is 0. The summed E-state index contributed by atoms with van der Waals surface area (Å²) >= 11 is 0. The molecule has 1 aromatic heterocycles. The van der Waals surface area contributed by atoms with Crippen molar-refractivity contribution in [3.8, 4) is 0 Å². The van der Waals surface area contributed by atoms with Crippen LogP contribution in [0.25, 0.3) is 0 Å². The molecule has 0 saturated heterocycles. The highest BCUT2D eigenvalue weighted by Crippen LogP contribution is 2.16. The molecule has 29 heavy (non-hydrogen) atoms. The number of nitrogens with zero attached hydrogens (tertiary/aromatic N) is 3. The van der Waals surface area contributed by atoms with Gasteiger partial charge in [0.2, 0.25) is 5.91 Å². The van der Waals surface area contributed by atoms with Gasteiger partial charge >= 0.3 is 0 Å². The highest BCUT2D eigenvalue weighted by molar-refractivity contribution is 6.02. The van der Waals surface area contributed by atoms with E-state index in [2.05, 4.69) is 44.6 Å². The summed E-state index contributed by atoms with van der Waals surface area (Å²) in [6, 6.07) is 17.0. The van der Waals surface area contributed by atoms with E-state index in [-0.39, 0.29) is 17.5 Å². The van der Waals surface area contributed by atoms with Gasteiger partial charge in [-0.05, 0) is 36.8 Å². The number of nitrogens with one attached hydrogen (secondary N) is 2. The van der Waals surface area contributed by atoms with Crippen LogP contribution in [0.1, 0.15) is 29.9 Å². The molecule has 1 heterocycles. The fraction of sp³-hybridized carbons (Fsp3) is 0.182. The standard InChI is InChI=1S/C22H23N5O2/c1-3-27(15-17-7-5-4-6-8-17)21-14-23-20(13-24-21)22(29)26-19-11-9-18(10-12-19)25-16(2)28/h4-14H,3,15H2,1-2H3,(H,25,28)(H,26,29). The fourth-order valence-corrected chi connectivity index (χ4v) is 2.80. The Hall–Kier alpha value is -3.74. The normalized spacial score (nSPS) is 10.3. The Balaban J connectivity index is 1.64. The van der Waals surface area contributed by atoms with E-state index in [1.807, 2.05) is 18.2 Å². The molecule has 0 radical (unpaired) electrons. The van der Waals surface area contributed by atoms with Gasteiger partial charge in [0.25, 0.3) is 5.91 Å². The number of rotatable bonds is 7. The maximum Gasteiger partial charge on any atom is 0.275 e. The molecule has 2 amide bonds. The maximum atomic E-state index is 12.4. The lowest BCUT2D eigenvalue weighted by Gasteiger charge is -2.21. The lowest BCUT2D eigenvalue weighted by molar-refractivity contribution is -0.114. The molecule has 0 bridgehead atoms. The Morgan fingerprint density at radius 2 is 1.55 bits per heavy atom. The Morgan fingerprint density at radius 1 is 0.897 bits per heavy atom. The summed E-state index contributed by atoms with van der Waals surface area (Å²) in [6.45, 7) is 4.99. The van der Waals surface area contributed by atoms with E-state index in [4.69, 9.17) is 0 Å². The van der Waals surface area contributed by atoms with Gasteiger partial charge in [0.1, 0.15) is 11.5 Å². The molecule has 2 aromatic carbocycles. The van der Waals surface area contributed by atoms with Crippen molar-refractivity contribution in [1.82, 2.24) is 9.97 Å². The van der Waals surface area contributed by atoms with E-state index < -0.39 is 0 Å². The molecule has 0 aliphatic rings. The predicted molar refractivity (Wildman–Crippen MR) is 114 cm³/mol. The molecule has 0 aliphatic heterocycles.